The Morgan fingerprint density at radius 1 is 1.03 bits per heavy atom. The lowest BCUT2D eigenvalue weighted by Gasteiger charge is -2.26. The second kappa shape index (κ2) is 8.90. The fourth-order valence-electron chi connectivity index (χ4n) is 3.05. The van der Waals surface area contributed by atoms with Crippen LogP contribution in [0, 0.1) is 6.92 Å². The summed E-state index contributed by atoms with van der Waals surface area (Å²) in [7, 11) is -3.50. The van der Waals surface area contributed by atoms with Crippen LogP contribution in [0.4, 0.5) is 0 Å². The predicted octanol–water partition coefficient (Wildman–Crippen LogP) is 1.75. The van der Waals surface area contributed by atoms with Gasteiger partial charge in [0, 0.05) is 18.7 Å². The molecule has 0 saturated carbocycles. The van der Waals surface area contributed by atoms with Crippen molar-refractivity contribution in [1.82, 2.24) is 24.5 Å². The lowest BCUT2D eigenvalue weighted by Crippen LogP contribution is -2.40. The van der Waals surface area contributed by atoms with Crippen LogP contribution >= 0.6 is 0 Å². The average Bonchev–Trinajstić information content (AvgIpc) is 3.24. The fourth-order valence-corrected chi connectivity index (χ4v) is 4.45. The summed E-state index contributed by atoms with van der Waals surface area (Å²) in [5, 5.41) is 12.5. The highest BCUT2D eigenvalue weighted by atomic mass is 32.2. The molecule has 1 aliphatic rings. The van der Waals surface area contributed by atoms with Crippen molar-refractivity contribution >= 4 is 10.0 Å². The molecule has 10 heteroatoms. The van der Waals surface area contributed by atoms with Crippen LogP contribution in [0.15, 0.2) is 53.4 Å². The third-order valence-electron chi connectivity index (χ3n) is 4.75. The maximum absolute atomic E-state index is 12.6. The molecular formula is C20H23N5O4S. The molecule has 2 heterocycles. The van der Waals surface area contributed by atoms with Gasteiger partial charge in [-0.1, -0.05) is 29.8 Å². The molecule has 0 unspecified atom stereocenters. The number of aryl methyl sites for hydroxylation is 1. The second-order valence-corrected chi connectivity index (χ2v) is 8.85. The van der Waals surface area contributed by atoms with Gasteiger partial charge in [0.1, 0.15) is 12.4 Å². The molecule has 2 aromatic carbocycles. The minimum absolute atomic E-state index is 0.248. The Labute approximate surface area is 175 Å². The normalized spacial score (nSPS) is 15.2. The molecular weight excluding hydrogens is 406 g/mol. The van der Waals surface area contributed by atoms with Crippen molar-refractivity contribution in [3.05, 3.63) is 54.1 Å². The minimum atomic E-state index is -3.50. The van der Waals surface area contributed by atoms with Gasteiger partial charge < -0.3 is 9.47 Å². The summed E-state index contributed by atoms with van der Waals surface area (Å²) >= 11 is 0. The first kappa shape index (κ1) is 20.5. The monoisotopic (exact) mass is 429 g/mol. The van der Waals surface area contributed by atoms with Crippen molar-refractivity contribution in [3.8, 4) is 17.1 Å². The van der Waals surface area contributed by atoms with E-state index in [4.69, 9.17) is 9.47 Å². The van der Waals surface area contributed by atoms with Crippen LogP contribution in [0.1, 0.15) is 5.56 Å². The summed E-state index contributed by atoms with van der Waals surface area (Å²) in [5.41, 5.74) is 2.08. The average molecular weight is 430 g/mol. The molecule has 0 spiro atoms. The Kier molecular flexibility index (Phi) is 6.07. The number of nitrogens with zero attached hydrogens (tertiary/aromatic N) is 5. The number of morpholine rings is 1. The van der Waals surface area contributed by atoms with Gasteiger partial charge in [-0.2, -0.15) is 9.10 Å². The van der Waals surface area contributed by atoms with Crippen LogP contribution in [0.5, 0.6) is 5.75 Å². The van der Waals surface area contributed by atoms with Crippen LogP contribution in [-0.2, 0) is 21.3 Å². The zero-order valence-electron chi connectivity index (χ0n) is 16.6. The summed E-state index contributed by atoms with van der Waals surface area (Å²) in [6.45, 7) is 4.36. The highest BCUT2D eigenvalue weighted by molar-refractivity contribution is 7.89. The number of benzene rings is 2. The molecule has 0 amide bonds. The molecule has 9 nitrogen and oxygen atoms in total. The number of hydrogen-bond donors (Lipinski definition) is 0. The van der Waals surface area contributed by atoms with Crippen molar-refractivity contribution in [2.75, 3.05) is 32.9 Å². The first-order valence-corrected chi connectivity index (χ1v) is 11.1. The predicted molar refractivity (Wildman–Crippen MR) is 110 cm³/mol. The summed E-state index contributed by atoms with van der Waals surface area (Å²) in [5.74, 6) is 1.14. The molecule has 30 heavy (non-hydrogen) atoms. The molecule has 158 valence electrons. The van der Waals surface area contributed by atoms with E-state index in [1.807, 2.05) is 31.2 Å². The molecule has 1 saturated heterocycles. The van der Waals surface area contributed by atoms with Gasteiger partial charge in [-0.15, -0.1) is 10.2 Å². The van der Waals surface area contributed by atoms with E-state index in [2.05, 4.69) is 15.4 Å². The summed E-state index contributed by atoms with van der Waals surface area (Å²) < 4.78 is 37.6. The number of ether oxygens (including phenoxy) is 2. The van der Waals surface area contributed by atoms with E-state index >= 15 is 0 Å². The summed E-state index contributed by atoms with van der Waals surface area (Å²) in [6, 6.07) is 14.3. The first-order chi connectivity index (χ1) is 14.5. The zero-order chi connectivity index (χ0) is 21.0. The third-order valence-corrected chi connectivity index (χ3v) is 6.67. The molecule has 0 aliphatic carbocycles. The van der Waals surface area contributed by atoms with Gasteiger partial charge in [0.15, 0.2) is 0 Å². The van der Waals surface area contributed by atoms with Crippen LogP contribution in [-0.4, -0.2) is 65.8 Å². The lowest BCUT2D eigenvalue weighted by atomic mass is 10.1. The standard InChI is InChI=1S/C20H23N5O4S/c1-16-2-4-17(5-3-16)20-21-23-25(22-20)12-15-29-18-6-8-19(9-7-18)30(26,27)24-10-13-28-14-11-24/h2-9H,10-15H2,1H3. The Morgan fingerprint density at radius 3 is 2.43 bits per heavy atom. The third kappa shape index (κ3) is 4.66. The van der Waals surface area contributed by atoms with Gasteiger partial charge in [0.2, 0.25) is 15.8 Å². The molecule has 3 aromatic rings. The van der Waals surface area contributed by atoms with E-state index < -0.39 is 10.0 Å². The number of aromatic nitrogens is 4. The molecule has 0 radical (unpaired) electrons. The highest BCUT2D eigenvalue weighted by Gasteiger charge is 2.26. The van der Waals surface area contributed by atoms with Crippen molar-refractivity contribution in [3.63, 3.8) is 0 Å². The quantitative estimate of drug-likeness (QED) is 0.564. The van der Waals surface area contributed by atoms with Crippen LogP contribution in [0.2, 0.25) is 0 Å². The van der Waals surface area contributed by atoms with E-state index in [1.165, 1.54) is 14.7 Å². The van der Waals surface area contributed by atoms with Gasteiger partial charge in [0.25, 0.3) is 0 Å². The second-order valence-electron chi connectivity index (χ2n) is 6.91. The molecule has 1 fully saturated rings. The zero-order valence-corrected chi connectivity index (χ0v) is 17.5. The van der Waals surface area contributed by atoms with Crippen molar-refractivity contribution in [2.45, 2.75) is 18.4 Å². The van der Waals surface area contributed by atoms with Crippen LogP contribution < -0.4 is 4.74 Å². The number of tetrazole rings is 1. The summed E-state index contributed by atoms with van der Waals surface area (Å²) in [4.78, 5) is 1.73. The van der Waals surface area contributed by atoms with E-state index in [-0.39, 0.29) is 4.90 Å². The highest BCUT2D eigenvalue weighted by Crippen LogP contribution is 2.20. The van der Waals surface area contributed by atoms with E-state index in [0.29, 0.717) is 51.0 Å². The molecule has 0 bridgehead atoms. The van der Waals surface area contributed by atoms with Gasteiger partial charge in [-0.3, -0.25) is 0 Å². The van der Waals surface area contributed by atoms with E-state index in [0.717, 1.165) is 5.56 Å². The fraction of sp³-hybridized carbons (Fsp3) is 0.350. The Balaban J connectivity index is 1.32. The van der Waals surface area contributed by atoms with Gasteiger partial charge in [-0.25, -0.2) is 8.42 Å². The Morgan fingerprint density at radius 2 is 1.73 bits per heavy atom. The maximum atomic E-state index is 12.6. The molecule has 1 aromatic heterocycles. The first-order valence-electron chi connectivity index (χ1n) is 9.68. The molecule has 1 aliphatic heterocycles. The Bertz CT molecular complexity index is 1080. The van der Waals surface area contributed by atoms with Gasteiger partial charge in [-0.05, 0) is 36.4 Å². The smallest absolute Gasteiger partial charge is 0.243 e. The van der Waals surface area contributed by atoms with Crippen molar-refractivity contribution < 1.29 is 17.9 Å². The maximum Gasteiger partial charge on any atom is 0.243 e. The SMILES string of the molecule is Cc1ccc(-c2nnn(CCOc3ccc(S(=O)(=O)N4CCOCC4)cc3)n2)cc1. The Hall–Kier alpha value is -2.82. The number of hydrogen-bond acceptors (Lipinski definition) is 7. The van der Waals surface area contributed by atoms with Crippen LogP contribution in [0.25, 0.3) is 11.4 Å². The molecule has 4 rings (SSSR count). The van der Waals surface area contributed by atoms with Gasteiger partial charge >= 0.3 is 0 Å². The van der Waals surface area contributed by atoms with E-state index in [9.17, 15) is 8.42 Å². The topological polar surface area (TPSA) is 99.4 Å². The van der Waals surface area contributed by atoms with Gasteiger partial charge in [0.05, 0.1) is 24.7 Å². The van der Waals surface area contributed by atoms with Crippen LogP contribution in [0.3, 0.4) is 0 Å². The summed E-state index contributed by atoms with van der Waals surface area (Å²) in [6.07, 6.45) is 0. The van der Waals surface area contributed by atoms with Crippen molar-refractivity contribution in [1.29, 1.82) is 0 Å². The van der Waals surface area contributed by atoms with Crippen molar-refractivity contribution in [2.24, 2.45) is 0 Å². The largest absolute Gasteiger partial charge is 0.492 e. The molecule has 0 N–H and O–H groups in total. The minimum Gasteiger partial charge on any atom is -0.492 e. The number of rotatable bonds is 7. The molecule has 0 atom stereocenters. The number of sulfonamides is 1. The van der Waals surface area contributed by atoms with E-state index in [1.54, 1.807) is 24.3 Å². The lowest BCUT2D eigenvalue weighted by molar-refractivity contribution is 0.0730.